The van der Waals surface area contributed by atoms with Crippen molar-refractivity contribution < 1.29 is 0 Å². The Morgan fingerprint density at radius 1 is 1.10 bits per heavy atom. The highest BCUT2D eigenvalue weighted by Gasteiger charge is 2.11. The first-order valence-corrected chi connectivity index (χ1v) is 6.71. The van der Waals surface area contributed by atoms with E-state index in [1.807, 2.05) is 35.2 Å². The van der Waals surface area contributed by atoms with Gasteiger partial charge in [-0.05, 0) is 30.3 Å². The Hall–Kier alpha value is -1.91. The number of hydrogen-bond acceptors (Lipinski definition) is 4. The van der Waals surface area contributed by atoms with Gasteiger partial charge in [0.2, 0.25) is 0 Å². The first-order valence-electron chi connectivity index (χ1n) is 5.95. The van der Waals surface area contributed by atoms with E-state index in [-0.39, 0.29) is 0 Å². The van der Waals surface area contributed by atoms with Crippen molar-refractivity contribution in [2.45, 2.75) is 0 Å². The molecule has 0 fully saturated rings. The van der Waals surface area contributed by atoms with Gasteiger partial charge in [-0.15, -0.1) is 0 Å². The second-order valence-electron chi connectivity index (χ2n) is 4.18. The lowest BCUT2D eigenvalue weighted by Gasteiger charge is -2.21. The fraction of sp³-hybridized carbons (Fsp3) is 0.0714. The molecule has 1 aromatic carbocycles. The van der Waals surface area contributed by atoms with Crippen molar-refractivity contribution in [1.29, 1.82) is 0 Å². The molecule has 0 aliphatic carbocycles. The number of pyridine rings is 1. The molecule has 4 nitrogen and oxygen atoms in total. The zero-order chi connectivity index (χ0) is 13.9. The molecule has 1 aliphatic heterocycles. The Bertz CT molecular complexity index is 697. The van der Waals surface area contributed by atoms with E-state index in [9.17, 15) is 0 Å². The van der Waals surface area contributed by atoms with E-state index in [2.05, 4.69) is 15.0 Å². The molecule has 0 saturated heterocycles. The Morgan fingerprint density at radius 2 is 2.00 bits per heavy atom. The third-order valence-corrected chi connectivity index (χ3v) is 3.26. The number of rotatable bonds is 2. The molecular formula is C14H10Cl2N4. The summed E-state index contributed by atoms with van der Waals surface area (Å²) in [4.78, 5) is 14.6. The summed E-state index contributed by atoms with van der Waals surface area (Å²) in [6.07, 6.45) is 3.38. The predicted octanol–water partition coefficient (Wildman–Crippen LogP) is 3.64. The Kier molecular flexibility index (Phi) is 3.67. The van der Waals surface area contributed by atoms with Gasteiger partial charge in [0.05, 0.1) is 6.34 Å². The first-order chi connectivity index (χ1) is 9.72. The predicted molar refractivity (Wildman–Crippen MR) is 83.1 cm³/mol. The number of halogens is 2. The van der Waals surface area contributed by atoms with Gasteiger partial charge in [-0.1, -0.05) is 29.3 Å². The van der Waals surface area contributed by atoms with Crippen LogP contribution >= 0.6 is 23.2 Å². The van der Waals surface area contributed by atoms with Crippen molar-refractivity contribution in [2.75, 3.05) is 11.6 Å². The molecule has 1 aromatic heterocycles. The fourth-order valence-electron chi connectivity index (χ4n) is 1.86. The van der Waals surface area contributed by atoms with Gasteiger partial charge >= 0.3 is 0 Å². The summed E-state index contributed by atoms with van der Waals surface area (Å²) in [6, 6.07) is 11.1. The van der Waals surface area contributed by atoms with Gasteiger partial charge in [-0.3, -0.25) is 0 Å². The van der Waals surface area contributed by atoms with Gasteiger partial charge in [0.1, 0.15) is 11.8 Å². The summed E-state index contributed by atoms with van der Waals surface area (Å²) >= 11 is 11.8. The molecule has 0 bridgehead atoms. The Balaban J connectivity index is 1.81. The van der Waals surface area contributed by atoms with Crippen molar-refractivity contribution in [3.8, 4) is 0 Å². The first kappa shape index (κ1) is 13.1. The van der Waals surface area contributed by atoms with E-state index < -0.39 is 0 Å². The van der Waals surface area contributed by atoms with Crippen molar-refractivity contribution in [2.24, 2.45) is 9.98 Å². The molecule has 0 saturated carbocycles. The third-order valence-electron chi connectivity index (χ3n) is 2.82. The normalized spacial score (nSPS) is 14.3. The summed E-state index contributed by atoms with van der Waals surface area (Å²) in [7, 11) is 0. The van der Waals surface area contributed by atoms with E-state index in [1.165, 1.54) is 0 Å². The average Bonchev–Trinajstić information content (AvgIpc) is 2.47. The van der Waals surface area contributed by atoms with Crippen LogP contribution in [0.4, 0.5) is 5.69 Å². The van der Waals surface area contributed by atoms with E-state index in [0.717, 1.165) is 11.3 Å². The van der Waals surface area contributed by atoms with Crippen LogP contribution in [0.15, 0.2) is 52.6 Å². The molecule has 0 amide bonds. The van der Waals surface area contributed by atoms with Gasteiger partial charge in [-0.2, -0.15) is 0 Å². The third kappa shape index (κ3) is 2.81. The van der Waals surface area contributed by atoms with E-state index in [0.29, 0.717) is 22.7 Å². The summed E-state index contributed by atoms with van der Waals surface area (Å²) in [6.45, 7) is 0.485. The maximum Gasteiger partial charge on any atom is 0.158 e. The van der Waals surface area contributed by atoms with Crippen molar-refractivity contribution in [3.63, 3.8) is 0 Å². The zero-order valence-corrected chi connectivity index (χ0v) is 11.9. The number of hydrogen-bond donors (Lipinski definition) is 0. The van der Waals surface area contributed by atoms with Crippen molar-refractivity contribution in [1.82, 2.24) is 4.98 Å². The minimum absolute atomic E-state index is 0.428. The number of aliphatic imine (C=N–C) groups is 2. The van der Waals surface area contributed by atoms with Crippen LogP contribution in [0.3, 0.4) is 0 Å². The van der Waals surface area contributed by atoms with Crippen LogP contribution in [0, 0.1) is 0 Å². The monoisotopic (exact) mass is 304 g/mol. The lowest BCUT2D eigenvalue weighted by molar-refractivity contribution is 1.00. The molecule has 100 valence electrons. The molecule has 20 heavy (non-hydrogen) atoms. The van der Waals surface area contributed by atoms with Crippen LogP contribution in [0.1, 0.15) is 5.56 Å². The highest BCUT2D eigenvalue weighted by atomic mass is 35.5. The summed E-state index contributed by atoms with van der Waals surface area (Å²) < 4.78 is 0. The fourth-order valence-corrected chi connectivity index (χ4v) is 2.21. The largest absolute Gasteiger partial charge is 0.312 e. The van der Waals surface area contributed by atoms with E-state index in [1.54, 1.807) is 18.6 Å². The van der Waals surface area contributed by atoms with Crippen molar-refractivity contribution in [3.05, 3.63) is 58.3 Å². The lowest BCUT2D eigenvalue weighted by Crippen LogP contribution is -2.26. The van der Waals surface area contributed by atoms with Crippen molar-refractivity contribution >= 4 is 41.1 Å². The highest BCUT2D eigenvalue weighted by Crippen LogP contribution is 2.20. The second-order valence-corrected chi connectivity index (χ2v) is 5.01. The number of aromatic nitrogens is 1. The van der Waals surface area contributed by atoms with Gasteiger partial charge in [0.15, 0.2) is 5.84 Å². The Morgan fingerprint density at radius 3 is 2.70 bits per heavy atom. The maximum atomic E-state index is 5.98. The molecular weight excluding hydrogens is 295 g/mol. The molecule has 6 heteroatoms. The summed E-state index contributed by atoms with van der Waals surface area (Å²) in [5.41, 5.74) is 1.81. The topological polar surface area (TPSA) is 40.9 Å². The molecule has 3 rings (SSSR count). The Labute approximate surface area is 126 Å². The molecule has 2 aromatic rings. The average molecular weight is 305 g/mol. The van der Waals surface area contributed by atoms with Gasteiger partial charge in [0, 0.05) is 22.5 Å². The molecule has 0 unspecified atom stereocenters. The van der Waals surface area contributed by atoms with Crippen LogP contribution < -0.4 is 4.90 Å². The number of benzene rings is 1. The molecule has 0 radical (unpaired) electrons. The molecule has 2 heterocycles. The minimum Gasteiger partial charge on any atom is -0.312 e. The van der Waals surface area contributed by atoms with Crippen LogP contribution in [-0.2, 0) is 0 Å². The van der Waals surface area contributed by atoms with E-state index in [4.69, 9.17) is 23.2 Å². The van der Waals surface area contributed by atoms with Gasteiger partial charge in [0.25, 0.3) is 0 Å². The van der Waals surface area contributed by atoms with Gasteiger partial charge < -0.3 is 4.90 Å². The zero-order valence-electron chi connectivity index (χ0n) is 10.4. The number of amidine groups is 1. The highest BCUT2D eigenvalue weighted by molar-refractivity contribution is 6.31. The second kappa shape index (κ2) is 5.61. The molecule has 0 spiro atoms. The minimum atomic E-state index is 0.428. The quantitative estimate of drug-likeness (QED) is 0.795. The maximum absolute atomic E-state index is 5.98. The number of anilines is 1. The standard InChI is InChI=1S/C14H10Cl2N4/c15-11-2-1-3-12(7-11)20-8-18-14(19-9-20)10-4-5-17-13(16)6-10/h1-8H,9H2. The summed E-state index contributed by atoms with van der Waals surface area (Å²) in [5, 5.41) is 1.12. The van der Waals surface area contributed by atoms with Gasteiger partial charge in [-0.25, -0.2) is 15.0 Å². The lowest BCUT2D eigenvalue weighted by atomic mass is 10.2. The van der Waals surface area contributed by atoms with E-state index >= 15 is 0 Å². The van der Waals surface area contributed by atoms with Crippen LogP contribution in [0.25, 0.3) is 0 Å². The van der Waals surface area contributed by atoms with Crippen LogP contribution in [0.2, 0.25) is 10.2 Å². The number of nitrogens with zero attached hydrogens (tertiary/aromatic N) is 4. The summed E-state index contributed by atoms with van der Waals surface area (Å²) in [5.74, 6) is 0.646. The van der Waals surface area contributed by atoms with Crippen LogP contribution in [-0.4, -0.2) is 23.8 Å². The smallest absolute Gasteiger partial charge is 0.158 e. The molecule has 1 aliphatic rings. The van der Waals surface area contributed by atoms with Crippen LogP contribution in [0.5, 0.6) is 0 Å². The molecule has 0 atom stereocenters. The SMILES string of the molecule is Clc1cccc(N2C=NC(c3ccnc(Cl)c3)=NC2)c1. The molecule has 0 N–H and O–H groups in total.